The average Bonchev–Trinajstić information content (AvgIpc) is 3.28. The van der Waals surface area contributed by atoms with Crippen LogP contribution in [0.2, 0.25) is 0 Å². The second-order valence-electron chi connectivity index (χ2n) is 8.45. The van der Waals surface area contributed by atoms with Crippen LogP contribution in [-0.4, -0.2) is 39.9 Å². The number of Topliss-reactive ketones (excluding diaryl/α,β-unsaturated/α-hetero) is 1. The number of piperidine rings is 1. The number of ketones is 1. The van der Waals surface area contributed by atoms with Gasteiger partial charge in [0.1, 0.15) is 5.01 Å². The van der Waals surface area contributed by atoms with Gasteiger partial charge in [0, 0.05) is 18.0 Å². The summed E-state index contributed by atoms with van der Waals surface area (Å²) in [6.07, 6.45) is 1.69. The predicted molar refractivity (Wildman–Crippen MR) is 126 cm³/mol. The summed E-state index contributed by atoms with van der Waals surface area (Å²) >= 11 is 1.33. The summed E-state index contributed by atoms with van der Waals surface area (Å²) in [4.78, 5) is 27.4. The highest BCUT2D eigenvalue weighted by Crippen LogP contribution is 2.24. The molecular weight excluding hydrogens is 420 g/mol. The van der Waals surface area contributed by atoms with Gasteiger partial charge in [-0.25, -0.2) is 0 Å². The molecular formula is C25H28N4O2S. The van der Waals surface area contributed by atoms with E-state index in [1.807, 2.05) is 62.4 Å². The lowest BCUT2D eigenvalue weighted by Crippen LogP contribution is -2.35. The fourth-order valence-electron chi connectivity index (χ4n) is 3.87. The Morgan fingerprint density at radius 3 is 2.25 bits per heavy atom. The Morgan fingerprint density at radius 2 is 1.59 bits per heavy atom. The lowest BCUT2D eigenvalue weighted by atomic mass is 9.88. The molecule has 1 fully saturated rings. The second kappa shape index (κ2) is 10.1. The quantitative estimate of drug-likeness (QED) is 0.549. The Kier molecular flexibility index (Phi) is 7.07. The number of aromatic nitrogens is 2. The summed E-state index contributed by atoms with van der Waals surface area (Å²) in [5, 5.41) is 12.4. The molecule has 1 amide bonds. The number of amides is 1. The highest BCUT2D eigenvalue weighted by molar-refractivity contribution is 7.13. The molecule has 0 unspecified atom stereocenters. The predicted octanol–water partition coefficient (Wildman–Crippen LogP) is 4.18. The van der Waals surface area contributed by atoms with Crippen molar-refractivity contribution in [3.8, 4) is 0 Å². The fraction of sp³-hybridized carbons (Fsp3) is 0.360. The summed E-state index contributed by atoms with van der Waals surface area (Å²) in [6, 6.07) is 15.9. The normalized spacial score (nSPS) is 14.9. The summed E-state index contributed by atoms with van der Waals surface area (Å²) in [5.41, 5.74) is 4.21. The molecule has 2 aromatic carbocycles. The Morgan fingerprint density at radius 1 is 0.969 bits per heavy atom. The molecule has 1 aliphatic heterocycles. The highest BCUT2D eigenvalue weighted by atomic mass is 32.1. The van der Waals surface area contributed by atoms with Crippen LogP contribution in [0.3, 0.4) is 0 Å². The van der Waals surface area contributed by atoms with Gasteiger partial charge in [-0.1, -0.05) is 71.0 Å². The summed E-state index contributed by atoms with van der Waals surface area (Å²) in [5.74, 6) is 0.122. The van der Waals surface area contributed by atoms with Crippen LogP contribution in [0.15, 0.2) is 48.5 Å². The Bertz CT molecular complexity index is 1070. The first kappa shape index (κ1) is 22.3. The number of aryl methyl sites for hydroxylation is 2. The van der Waals surface area contributed by atoms with Crippen LogP contribution in [0.4, 0.5) is 0 Å². The molecule has 7 heteroatoms. The van der Waals surface area contributed by atoms with Gasteiger partial charge in [0.05, 0.1) is 6.54 Å². The van der Waals surface area contributed by atoms with Gasteiger partial charge in [0.25, 0.3) is 5.91 Å². The van der Waals surface area contributed by atoms with Gasteiger partial charge in [-0.05, 0) is 45.3 Å². The van der Waals surface area contributed by atoms with Crippen molar-refractivity contribution in [2.45, 2.75) is 39.8 Å². The molecule has 6 nitrogen and oxygen atoms in total. The van der Waals surface area contributed by atoms with Gasteiger partial charge in [-0.15, -0.1) is 10.2 Å². The third-order valence-electron chi connectivity index (χ3n) is 5.89. The molecule has 32 heavy (non-hydrogen) atoms. The van der Waals surface area contributed by atoms with Crippen LogP contribution in [-0.2, 0) is 13.1 Å². The standard InChI is InChI=1S/C25H28N4O2S/c1-17-3-7-19(8-4-17)15-26-24(31)25-28-27-22(32-25)16-29-13-11-21(12-14-29)23(30)20-9-5-18(2)6-10-20/h3-10,21H,11-16H2,1-2H3,(H,26,31). The molecule has 1 N–H and O–H groups in total. The molecule has 4 rings (SSSR count). The smallest absolute Gasteiger partial charge is 0.282 e. The second-order valence-corrected chi connectivity index (χ2v) is 9.51. The van der Waals surface area contributed by atoms with Crippen LogP contribution < -0.4 is 5.32 Å². The van der Waals surface area contributed by atoms with E-state index in [9.17, 15) is 9.59 Å². The summed E-state index contributed by atoms with van der Waals surface area (Å²) < 4.78 is 0. The van der Waals surface area contributed by atoms with Gasteiger partial charge in [-0.2, -0.15) is 0 Å². The van der Waals surface area contributed by atoms with E-state index in [2.05, 4.69) is 20.4 Å². The molecule has 3 aromatic rings. The molecule has 1 saturated heterocycles. The van der Waals surface area contributed by atoms with Crippen molar-refractivity contribution in [1.82, 2.24) is 20.4 Å². The average molecular weight is 449 g/mol. The molecule has 0 atom stereocenters. The maximum absolute atomic E-state index is 12.8. The van der Waals surface area contributed by atoms with Gasteiger partial charge in [-0.3, -0.25) is 14.5 Å². The highest BCUT2D eigenvalue weighted by Gasteiger charge is 2.26. The van der Waals surface area contributed by atoms with Crippen LogP contribution in [0.1, 0.15) is 54.7 Å². The molecule has 0 spiro atoms. The Labute approximate surface area is 192 Å². The SMILES string of the molecule is Cc1ccc(CNC(=O)c2nnc(CN3CCC(C(=O)c4ccc(C)cc4)CC3)s2)cc1. The van der Waals surface area contributed by atoms with E-state index >= 15 is 0 Å². The van der Waals surface area contributed by atoms with E-state index in [0.717, 1.165) is 47.6 Å². The largest absolute Gasteiger partial charge is 0.346 e. The number of hydrogen-bond donors (Lipinski definition) is 1. The number of rotatable bonds is 7. The lowest BCUT2D eigenvalue weighted by Gasteiger charge is -2.30. The fourth-order valence-corrected chi connectivity index (χ4v) is 4.67. The van der Waals surface area contributed by atoms with E-state index in [1.165, 1.54) is 16.9 Å². The number of carbonyl (C=O) groups excluding carboxylic acids is 2. The van der Waals surface area contributed by atoms with Crippen molar-refractivity contribution in [3.05, 3.63) is 80.8 Å². The third kappa shape index (κ3) is 5.66. The van der Waals surface area contributed by atoms with Crippen LogP contribution in [0.25, 0.3) is 0 Å². The first-order chi connectivity index (χ1) is 15.5. The van der Waals surface area contributed by atoms with Crippen LogP contribution >= 0.6 is 11.3 Å². The van der Waals surface area contributed by atoms with Gasteiger partial charge in [0.2, 0.25) is 5.01 Å². The zero-order valence-electron chi connectivity index (χ0n) is 18.5. The molecule has 0 aliphatic carbocycles. The number of carbonyl (C=O) groups is 2. The van der Waals surface area contributed by atoms with Crippen molar-refractivity contribution in [3.63, 3.8) is 0 Å². The molecule has 0 radical (unpaired) electrons. The zero-order valence-corrected chi connectivity index (χ0v) is 19.3. The van der Waals surface area contributed by atoms with E-state index in [1.54, 1.807) is 0 Å². The van der Waals surface area contributed by atoms with E-state index in [0.29, 0.717) is 18.1 Å². The Hall–Kier alpha value is -2.90. The number of hydrogen-bond acceptors (Lipinski definition) is 6. The summed E-state index contributed by atoms with van der Waals surface area (Å²) in [7, 11) is 0. The molecule has 0 saturated carbocycles. The topological polar surface area (TPSA) is 75.2 Å². The maximum atomic E-state index is 12.8. The monoisotopic (exact) mass is 448 g/mol. The van der Waals surface area contributed by atoms with Gasteiger partial charge < -0.3 is 5.32 Å². The molecule has 2 heterocycles. The minimum absolute atomic E-state index is 0.0755. The lowest BCUT2D eigenvalue weighted by molar-refractivity contribution is 0.0834. The first-order valence-electron chi connectivity index (χ1n) is 11.0. The number of benzene rings is 2. The van der Waals surface area contributed by atoms with Crippen LogP contribution in [0.5, 0.6) is 0 Å². The number of nitrogens with zero attached hydrogens (tertiary/aromatic N) is 3. The van der Waals surface area contributed by atoms with E-state index < -0.39 is 0 Å². The molecule has 1 aliphatic rings. The zero-order chi connectivity index (χ0) is 22.5. The number of likely N-dealkylation sites (tertiary alicyclic amines) is 1. The van der Waals surface area contributed by atoms with Crippen molar-refractivity contribution in [2.24, 2.45) is 5.92 Å². The van der Waals surface area contributed by atoms with Crippen molar-refractivity contribution in [2.75, 3.05) is 13.1 Å². The van der Waals surface area contributed by atoms with Crippen molar-refractivity contribution < 1.29 is 9.59 Å². The van der Waals surface area contributed by atoms with Crippen LogP contribution in [0, 0.1) is 19.8 Å². The minimum Gasteiger partial charge on any atom is -0.346 e. The van der Waals surface area contributed by atoms with E-state index in [4.69, 9.17) is 0 Å². The van der Waals surface area contributed by atoms with Gasteiger partial charge in [0.15, 0.2) is 5.78 Å². The van der Waals surface area contributed by atoms with Gasteiger partial charge >= 0.3 is 0 Å². The minimum atomic E-state index is -0.197. The molecule has 1 aromatic heterocycles. The van der Waals surface area contributed by atoms with Crippen molar-refractivity contribution >= 4 is 23.0 Å². The summed E-state index contributed by atoms with van der Waals surface area (Å²) in [6.45, 7) is 6.88. The Balaban J connectivity index is 1.25. The molecule has 166 valence electrons. The maximum Gasteiger partial charge on any atom is 0.282 e. The number of nitrogens with one attached hydrogen (secondary N) is 1. The van der Waals surface area contributed by atoms with Crippen molar-refractivity contribution in [1.29, 1.82) is 0 Å². The third-order valence-corrected chi connectivity index (χ3v) is 6.79. The van der Waals surface area contributed by atoms with E-state index in [-0.39, 0.29) is 17.6 Å². The first-order valence-corrected chi connectivity index (χ1v) is 11.8. The molecule has 0 bridgehead atoms.